The van der Waals surface area contributed by atoms with Crippen molar-refractivity contribution in [1.29, 1.82) is 0 Å². The van der Waals surface area contributed by atoms with Crippen molar-refractivity contribution in [3.8, 4) is 0 Å². The molecule has 0 fully saturated rings. The fourth-order valence-electron chi connectivity index (χ4n) is 2.11. The standard InChI is InChI=1S/C16H13ClN2O2S/c17-8-4-10-22-16-18-14-7-2-1-6-13(14)15(20)19(16)11-12-5-3-9-21-12/h1-9H,10-11H2/b8-4+. The van der Waals surface area contributed by atoms with Crippen LogP contribution in [0.3, 0.4) is 0 Å². The summed E-state index contributed by atoms with van der Waals surface area (Å²) in [5, 5.41) is 1.25. The van der Waals surface area contributed by atoms with Crippen molar-refractivity contribution in [2.75, 3.05) is 5.75 Å². The molecule has 1 aromatic carbocycles. The number of furan rings is 1. The minimum atomic E-state index is -0.0700. The van der Waals surface area contributed by atoms with Crippen LogP contribution in [0.15, 0.2) is 68.6 Å². The van der Waals surface area contributed by atoms with Gasteiger partial charge in [-0.25, -0.2) is 4.98 Å². The molecule has 0 spiro atoms. The Morgan fingerprint density at radius 2 is 2.14 bits per heavy atom. The van der Waals surface area contributed by atoms with Gasteiger partial charge in [0.1, 0.15) is 5.76 Å². The number of rotatable bonds is 5. The van der Waals surface area contributed by atoms with Crippen molar-refractivity contribution in [3.63, 3.8) is 0 Å². The molecule has 0 bridgehead atoms. The second-order valence-electron chi connectivity index (χ2n) is 4.55. The van der Waals surface area contributed by atoms with Crippen LogP contribution < -0.4 is 5.56 Å². The zero-order valence-electron chi connectivity index (χ0n) is 11.6. The third kappa shape index (κ3) is 3.10. The molecule has 0 saturated heterocycles. The first-order valence-electron chi connectivity index (χ1n) is 6.69. The Balaban J connectivity index is 2.10. The van der Waals surface area contributed by atoms with Crippen LogP contribution in [-0.4, -0.2) is 15.3 Å². The van der Waals surface area contributed by atoms with Gasteiger partial charge in [0.15, 0.2) is 5.16 Å². The molecule has 2 aromatic heterocycles. The Kier molecular flexibility index (Phi) is 4.65. The third-order valence-corrected chi connectivity index (χ3v) is 4.23. The van der Waals surface area contributed by atoms with Gasteiger partial charge in [-0.15, -0.1) is 0 Å². The highest BCUT2D eigenvalue weighted by molar-refractivity contribution is 7.99. The van der Waals surface area contributed by atoms with E-state index in [9.17, 15) is 4.79 Å². The van der Waals surface area contributed by atoms with E-state index < -0.39 is 0 Å². The predicted molar refractivity (Wildman–Crippen MR) is 89.5 cm³/mol. The second-order valence-corrected chi connectivity index (χ2v) is 5.79. The maximum Gasteiger partial charge on any atom is 0.262 e. The fourth-order valence-corrected chi connectivity index (χ4v) is 3.12. The molecular formula is C16H13ClN2O2S. The van der Waals surface area contributed by atoms with E-state index in [2.05, 4.69) is 4.98 Å². The van der Waals surface area contributed by atoms with E-state index in [0.717, 1.165) is 0 Å². The molecule has 0 unspecified atom stereocenters. The van der Waals surface area contributed by atoms with Gasteiger partial charge in [0, 0.05) is 11.3 Å². The van der Waals surface area contributed by atoms with Crippen LogP contribution in [0, 0.1) is 0 Å². The zero-order chi connectivity index (χ0) is 15.4. The average Bonchev–Trinajstić information content (AvgIpc) is 3.04. The quantitative estimate of drug-likeness (QED) is 0.525. The predicted octanol–water partition coefficient (Wildman–Crippen LogP) is 3.88. The highest BCUT2D eigenvalue weighted by atomic mass is 35.5. The van der Waals surface area contributed by atoms with Gasteiger partial charge in [0.05, 0.1) is 23.7 Å². The van der Waals surface area contributed by atoms with Crippen LogP contribution in [0.1, 0.15) is 5.76 Å². The van der Waals surface area contributed by atoms with Gasteiger partial charge in [0.25, 0.3) is 5.56 Å². The molecule has 0 aliphatic heterocycles. The molecule has 0 amide bonds. The summed E-state index contributed by atoms with van der Waals surface area (Å²) in [5.41, 5.74) is 2.09. The van der Waals surface area contributed by atoms with E-state index in [1.807, 2.05) is 30.3 Å². The molecule has 2 heterocycles. The van der Waals surface area contributed by atoms with Crippen LogP contribution in [0.2, 0.25) is 0 Å². The summed E-state index contributed by atoms with van der Waals surface area (Å²) in [7, 11) is 0. The van der Waals surface area contributed by atoms with Crippen LogP contribution in [-0.2, 0) is 6.54 Å². The molecule has 0 N–H and O–H groups in total. The number of nitrogens with zero attached hydrogens (tertiary/aromatic N) is 2. The van der Waals surface area contributed by atoms with Crippen molar-refractivity contribution in [2.24, 2.45) is 0 Å². The highest BCUT2D eigenvalue weighted by Crippen LogP contribution is 2.19. The van der Waals surface area contributed by atoms with Crippen molar-refractivity contribution in [1.82, 2.24) is 9.55 Å². The highest BCUT2D eigenvalue weighted by Gasteiger charge is 2.12. The molecule has 22 heavy (non-hydrogen) atoms. The minimum Gasteiger partial charge on any atom is -0.467 e. The summed E-state index contributed by atoms with van der Waals surface area (Å²) < 4.78 is 6.99. The molecule has 0 aliphatic rings. The van der Waals surface area contributed by atoms with E-state index in [0.29, 0.717) is 34.1 Å². The molecule has 4 nitrogen and oxygen atoms in total. The van der Waals surface area contributed by atoms with Crippen LogP contribution >= 0.6 is 23.4 Å². The maximum atomic E-state index is 12.7. The van der Waals surface area contributed by atoms with Gasteiger partial charge < -0.3 is 4.42 Å². The number of halogens is 1. The lowest BCUT2D eigenvalue weighted by molar-refractivity contribution is 0.476. The van der Waals surface area contributed by atoms with Gasteiger partial charge in [-0.1, -0.05) is 41.6 Å². The van der Waals surface area contributed by atoms with Gasteiger partial charge in [-0.3, -0.25) is 9.36 Å². The molecule has 0 saturated carbocycles. The van der Waals surface area contributed by atoms with E-state index in [-0.39, 0.29) is 5.56 Å². The Hall–Kier alpha value is -1.98. The Morgan fingerprint density at radius 3 is 2.91 bits per heavy atom. The smallest absolute Gasteiger partial charge is 0.262 e. The first-order valence-corrected chi connectivity index (χ1v) is 8.12. The topological polar surface area (TPSA) is 48.0 Å². The second kappa shape index (κ2) is 6.85. The minimum absolute atomic E-state index is 0.0700. The van der Waals surface area contributed by atoms with Crippen molar-refractivity contribution < 1.29 is 4.42 Å². The molecule has 0 aliphatic carbocycles. The van der Waals surface area contributed by atoms with Gasteiger partial charge in [-0.2, -0.15) is 0 Å². The molecule has 0 atom stereocenters. The maximum absolute atomic E-state index is 12.7. The SMILES string of the molecule is O=c1c2ccccc2nc(SC/C=C/Cl)n1Cc1ccco1. The Labute approximate surface area is 136 Å². The van der Waals surface area contributed by atoms with E-state index in [1.165, 1.54) is 17.3 Å². The summed E-state index contributed by atoms with van der Waals surface area (Å²) in [5.74, 6) is 1.36. The van der Waals surface area contributed by atoms with E-state index >= 15 is 0 Å². The molecule has 6 heteroatoms. The molecule has 112 valence electrons. The summed E-state index contributed by atoms with van der Waals surface area (Å²) >= 11 is 7.01. The lowest BCUT2D eigenvalue weighted by Crippen LogP contribution is -2.23. The number of hydrogen-bond acceptors (Lipinski definition) is 4. The lowest BCUT2D eigenvalue weighted by atomic mass is 10.2. The van der Waals surface area contributed by atoms with Crippen molar-refractivity contribution >= 4 is 34.3 Å². The monoisotopic (exact) mass is 332 g/mol. The van der Waals surface area contributed by atoms with Gasteiger partial charge in [0.2, 0.25) is 0 Å². The van der Waals surface area contributed by atoms with E-state index in [4.69, 9.17) is 16.0 Å². The summed E-state index contributed by atoms with van der Waals surface area (Å²) in [6.07, 6.45) is 3.41. The number of fused-ring (bicyclic) bond motifs is 1. The normalized spacial score (nSPS) is 11.5. The number of aromatic nitrogens is 2. The van der Waals surface area contributed by atoms with Gasteiger partial charge in [-0.05, 0) is 24.3 Å². The zero-order valence-corrected chi connectivity index (χ0v) is 13.2. The molecule has 0 radical (unpaired) electrons. The van der Waals surface area contributed by atoms with Crippen LogP contribution in [0.4, 0.5) is 0 Å². The van der Waals surface area contributed by atoms with Gasteiger partial charge >= 0.3 is 0 Å². The molecule has 3 rings (SSSR count). The fraction of sp³-hybridized carbons (Fsp3) is 0.125. The lowest BCUT2D eigenvalue weighted by Gasteiger charge is -2.11. The van der Waals surface area contributed by atoms with E-state index in [1.54, 1.807) is 23.0 Å². The summed E-state index contributed by atoms with van der Waals surface area (Å²) in [6, 6.07) is 11.0. The van der Waals surface area contributed by atoms with Crippen LogP contribution in [0.25, 0.3) is 10.9 Å². The molecule has 3 aromatic rings. The first kappa shape index (κ1) is 14.9. The summed E-state index contributed by atoms with van der Waals surface area (Å²) in [6.45, 7) is 0.358. The number of thioether (sulfide) groups is 1. The van der Waals surface area contributed by atoms with Crippen molar-refractivity contribution in [3.05, 3.63) is 70.4 Å². The third-order valence-electron chi connectivity index (χ3n) is 3.12. The number of hydrogen-bond donors (Lipinski definition) is 0. The summed E-state index contributed by atoms with van der Waals surface area (Å²) in [4.78, 5) is 17.3. The average molecular weight is 333 g/mol. The number of benzene rings is 1. The molecular weight excluding hydrogens is 320 g/mol. The largest absolute Gasteiger partial charge is 0.467 e. The Bertz CT molecular complexity index is 856. The van der Waals surface area contributed by atoms with Crippen LogP contribution in [0.5, 0.6) is 0 Å². The number of para-hydroxylation sites is 1. The van der Waals surface area contributed by atoms with Crippen molar-refractivity contribution in [2.45, 2.75) is 11.7 Å². The first-order chi connectivity index (χ1) is 10.8. The Morgan fingerprint density at radius 1 is 1.27 bits per heavy atom.